The lowest BCUT2D eigenvalue weighted by Gasteiger charge is -2.07. The van der Waals surface area contributed by atoms with E-state index in [1.165, 1.54) is 0 Å². The van der Waals surface area contributed by atoms with E-state index >= 15 is 0 Å². The lowest BCUT2D eigenvalue weighted by atomic mass is 10.3. The highest BCUT2D eigenvalue weighted by molar-refractivity contribution is 5.84. The van der Waals surface area contributed by atoms with Gasteiger partial charge in [-0.15, -0.1) is 5.10 Å². The number of carbonyl (C=O) groups excluding carboxylic acids is 1. The van der Waals surface area contributed by atoms with Gasteiger partial charge in [0.2, 0.25) is 0 Å². The number of hydroxylamine groups is 1. The van der Waals surface area contributed by atoms with Gasteiger partial charge < -0.3 is 5.32 Å². The van der Waals surface area contributed by atoms with Crippen LogP contribution in [0.2, 0.25) is 0 Å². The van der Waals surface area contributed by atoms with E-state index in [0.717, 1.165) is 5.56 Å². The van der Waals surface area contributed by atoms with Gasteiger partial charge >= 0.3 is 0 Å². The largest absolute Gasteiger partial charge is 0.355 e. The summed E-state index contributed by atoms with van der Waals surface area (Å²) in [4.78, 5) is 15.9. The van der Waals surface area contributed by atoms with Gasteiger partial charge in [0.15, 0.2) is 0 Å². The van der Waals surface area contributed by atoms with E-state index in [-0.39, 0.29) is 11.9 Å². The SMILES string of the molecule is Cc1cnnc(NC2CONC2=O)c1. The van der Waals surface area contributed by atoms with Crippen LogP contribution in [0.15, 0.2) is 12.3 Å². The molecule has 1 fully saturated rings. The first-order valence-corrected chi connectivity index (χ1v) is 4.23. The topological polar surface area (TPSA) is 76.1 Å². The van der Waals surface area contributed by atoms with Crippen molar-refractivity contribution in [1.82, 2.24) is 15.7 Å². The molecule has 2 rings (SSSR count). The second-order valence-electron chi connectivity index (χ2n) is 3.09. The molecular weight excluding hydrogens is 184 g/mol. The van der Waals surface area contributed by atoms with Crippen LogP contribution in [0.1, 0.15) is 5.56 Å². The first kappa shape index (κ1) is 8.89. The Kier molecular flexibility index (Phi) is 2.28. The fourth-order valence-electron chi connectivity index (χ4n) is 1.16. The summed E-state index contributed by atoms with van der Waals surface area (Å²) in [5.41, 5.74) is 3.24. The fourth-order valence-corrected chi connectivity index (χ4v) is 1.16. The van der Waals surface area contributed by atoms with Crippen molar-refractivity contribution in [3.05, 3.63) is 17.8 Å². The monoisotopic (exact) mass is 194 g/mol. The summed E-state index contributed by atoms with van der Waals surface area (Å²) in [6.07, 6.45) is 1.65. The van der Waals surface area contributed by atoms with E-state index in [2.05, 4.69) is 21.0 Å². The third-order valence-corrected chi connectivity index (χ3v) is 1.85. The molecular formula is C8H10N4O2. The third-order valence-electron chi connectivity index (χ3n) is 1.85. The first-order chi connectivity index (χ1) is 6.75. The van der Waals surface area contributed by atoms with Crippen LogP contribution in [0.25, 0.3) is 0 Å². The smallest absolute Gasteiger partial charge is 0.268 e. The number of nitrogens with zero attached hydrogens (tertiary/aromatic N) is 2. The molecule has 14 heavy (non-hydrogen) atoms. The van der Waals surface area contributed by atoms with Crippen molar-refractivity contribution in [2.24, 2.45) is 0 Å². The van der Waals surface area contributed by atoms with Crippen LogP contribution in [0.3, 0.4) is 0 Å². The van der Waals surface area contributed by atoms with Crippen LogP contribution in [-0.2, 0) is 9.63 Å². The molecule has 2 heterocycles. The zero-order chi connectivity index (χ0) is 9.97. The second kappa shape index (κ2) is 3.59. The van der Waals surface area contributed by atoms with E-state index in [9.17, 15) is 4.79 Å². The number of aryl methyl sites for hydroxylation is 1. The van der Waals surface area contributed by atoms with Crippen LogP contribution in [0, 0.1) is 6.92 Å². The number of amides is 1. The Bertz CT molecular complexity index is 355. The van der Waals surface area contributed by atoms with Gasteiger partial charge in [-0.05, 0) is 18.6 Å². The number of rotatable bonds is 2. The van der Waals surface area contributed by atoms with Gasteiger partial charge in [0.05, 0.1) is 6.20 Å². The van der Waals surface area contributed by atoms with Crippen LogP contribution in [0.5, 0.6) is 0 Å². The molecule has 1 aliphatic rings. The number of nitrogens with one attached hydrogen (secondary N) is 2. The molecule has 0 radical (unpaired) electrons. The van der Waals surface area contributed by atoms with Gasteiger partial charge in [0, 0.05) is 0 Å². The fraction of sp³-hybridized carbons (Fsp3) is 0.375. The van der Waals surface area contributed by atoms with Gasteiger partial charge in [0.1, 0.15) is 18.5 Å². The minimum absolute atomic E-state index is 0.187. The quantitative estimate of drug-likeness (QED) is 0.671. The molecule has 6 nitrogen and oxygen atoms in total. The predicted molar refractivity (Wildman–Crippen MR) is 48.3 cm³/mol. The molecule has 0 saturated carbocycles. The van der Waals surface area contributed by atoms with Crippen LogP contribution >= 0.6 is 0 Å². The van der Waals surface area contributed by atoms with E-state index in [1.807, 2.05) is 13.0 Å². The molecule has 74 valence electrons. The summed E-state index contributed by atoms with van der Waals surface area (Å²) in [7, 11) is 0. The highest BCUT2D eigenvalue weighted by atomic mass is 16.7. The van der Waals surface area contributed by atoms with Gasteiger partial charge in [-0.3, -0.25) is 9.63 Å². The van der Waals surface area contributed by atoms with Crippen LogP contribution < -0.4 is 10.8 Å². The first-order valence-electron chi connectivity index (χ1n) is 4.23. The average molecular weight is 194 g/mol. The van der Waals surface area contributed by atoms with Gasteiger partial charge in [-0.2, -0.15) is 5.10 Å². The summed E-state index contributed by atoms with van der Waals surface area (Å²) >= 11 is 0. The molecule has 1 atom stereocenters. The molecule has 1 aromatic heterocycles. The molecule has 6 heteroatoms. The molecule has 0 bridgehead atoms. The molecule has 1 unspecified atom stereocenters. The second-order valence-corrected chi connectivity index (χ2v) is 3.09. The lowest BCUT2D eigenvalue weighted by Crippen LogP contribution is -2.31. The number of aromatic nitrogens is 2. The van der Waals surface area contributed by atoms with Crippen molar-refractivity contribution < 1.29 is 9.63 Å². The Morgan fingerprint density at radius 2 is 2.57 bits per heavy atom. The molecule has 1 saturated heterocycles. The Morgan fingerprint density at radius 1 is 1.71 bits per heavy atom. The van der Waals surface area contributed by atoms with Gasteiger partial charge in [0.25, 0.3) is 5.91 Å². The van der Waals surface area contributed by atoms with Crippen LogP contribution in [0.4, 0.5) is 5.82 Å². The summed E-state index contributed by atoms with van der Waals surface area (Å²) in [6, 6.07) is 1.43. The summed E-state index contributed by atoms with van der Waals surface area (Å²) < 4.78 is 0. The normalized spacial score (nSPS) is 20.6. The highest BCUT2D eigenvalue weighted by Gasteiger charge is 2.25. The molecule has 1 amide bonds. The maximum absolute atomic E-state index is 11.1. The average Bonchev–Trinajstić information content (AvgIpc) is 2.52. The number of anilines is 1. The van der Waals surface area contributed by atoms with E-state index < -0.39 is 0 Å². The Morgan fingerprint density at radius 3 is 3.21 bits per heavy atom. The molecule has 2 N–H and O–H groups in total. The maximum atomic E-state index is 11.1. The van der Waals surface area contributed by atoms with Crippen molar-refractivity contribution >= 4 is 11.7 Å². The van der Waals surface area contributed by atoms with Crippen molar-refractivity contribution in [3.63, 3.8) is 0 Å². The maximum Gasteiger partial charge on any atom is 0.268 e. The Balaban J connectivity index is 2.07. The minimum Gasteiger partial charge on any atom is -0.355 e. The van der Waals surface area contributed by atoms with Crippen molar-refractivity contribution in [2.45, 2.75) is 13.0 Å². The van der Waals surface area contributed by atoms with Crippen molar-refractivity contribution in [1.29, 1.82) is 0 Å². The van der Waals surface area contributed by atoms with E-state index in [4.69, 9.17) is 4.84 Å². The summed E-state index contributed by atoms with van der Waals surface area (Å²) in [6.45, 7) is 2.21. The predicted octanol–water partition coefficient (Wildman–Crippen LogP) is -0.373. The van der Waals surface area contributed by atoms with Gasteiger partial charge in [-0.1, -0.05) is 0 Å². The minimum atomic E-state index is -0.383. The van der Waals surface area contributed by atoms with Crippen LogP contribution in [-0.4, -0.2) is 28.8 Å². The van der Waals surface area contributed by atoms with Crippen molar-refractivity contribution in [3.8, 4) is 0 Å². The zero-order valence-electron chi connectivity index (χ0n) is 7.65. The van der Waals surface area contributed by atoms with Crippen molar-refractivity contribution in [2.75, 3.05) is 11.9 Å². The standard InChI is InChI=1S/C8H10N4O2/c1-5-2-7(11-9-3-5)10-6-4-14-12-8(6)13/h2-3,6H,4H2,1H3,(H,10,11)(H,12,13). The molecule has 1 aliphatic heterocycles. The van der Waals surface area contributed by atoms with Gasteiger partial charge in [-0.25, -0.2) is 5.48 Å². The summed E-state index contributed by atoms with van der Waals surface area (Å²) in [5, 5.41) is 10.5. The molecule has 1 aromatic rings. The number of hydrogen-bond donors (Lipinski definition) is 2. The zero-order valence-corrected chi connectivity index (χ0v) is 7.65. The van der Waals surface area contributed by atoms with E-state index in [0.29, 0.717) is 12.4 Å². The molecule has 0 spiro atoms. The third kappa shape index (κ3) is 1.80. The molecule has 0 aromatic carbocycles. The molecule has 0 aliphatic carbocycles. The highest BCUT2D eigenvalue weighted by Crippen LogP contribution is 2.07. The Hall–Kier alpha value is -1.69. The Labute approximate surface area is 80.6 Å². The number of carbonyl (C=O) groups is 1. The lowest BCUT2D eigenvalue weighted by molar-refractivity contribution is -0.124. The summed E-state index contributed by atoms with van der Waals surface area (Å²) in [5.74, 6) is 0.393. The number of hydrogen-bond acceptors (Lipinski definition) is 5. The van der Waals surface area contributed by atoms with E-state index in [1.54, 1.807) is 6.20 Å².